The summed E-state index contributed by atoms with van der Waals surface area (Å²) in [5, 5.41) is 13.7. The highest BCUT2D eigenvalue weighted by molar-refractivity contribution is 7.97. The Labute approximate surface area is 253 Å². The number of hydrogen-bond donors (Lipinski definition) is 3. The summed E-state index contributed by atoms with van der Waals surface area (Å²) in [6.45, 7) is 8.80. The van der Waals surface area contributed by atoms with E-state index in [0.717, 1.165) is 41.4 Å². The molecule has 10 heteroatoms. The Hall–Kier alpha value is -1.36. The molecule has 1 aliphatic rings. The average Bonchev–Trinajstić information content (AvgIpc) is 2.90. The molecule has 0 aromatic heterocycles. The van der Waals surface area contributed by atoms with E-state index in [4.69, 9.17) is 32.7 Å². The Morgan fingerprint density at radius 3 is 2.62 bits per heavy atom. The maximum Gasteiger partial charge on any atom is 0.220 e. The maximum absolute atomic E-state index is 11.9. The second kappa shape index (κ2) is 17.6. The fourth-order valence-corrected chi connectivity index (χ4v) is 6.19. The van der Waals surface area contributed by atoms with Crippen LogP contribution in [-0.4, -0.2) is 75.1 Å². The second-order valence-corrected chi connectivity index (χ2v) is 12.4. The molecule has 1 aliphatic heterocycles. The van der Waals surface area contributed by atoms with Gasteiger partial charge in [0.15, 0.2) is 0 Å². The molecule has 2 unspecified atom stereocenters. The van der Waals surface area contributed by atoms with Crippen LogP contribution in [0, 0.1) is 5.92 Å². The van der Waals surface area contributed by atoms with E-state index < -0.39 is 0 Å². The maximum atomic E-state index is 11.9. The van der Waals surface area contributed by atoms with Crippen LogP contribution in [0.5, 0.6) is 0 Å². The summed E-state index contributed by atoms with van der Waals surface area (Å²) in [6, 6.07) is 12.5. The molecule has 222 valence electrons. The van der Waals surface area contributed by atoms with E-state index >= 15 is 0 Å². The Morgan fingerprint density at radius 1 is 1.12 bits per heavy atom. The Bertz CT molecular complexity index is 1080. The molecule has 0 spiro atoms. The van der Waals surface area contributed by atoms with Crippen LogP contribution in [0.3, 0.4) is 0 Å². The van der Waals surface area contributed by atoms with Gasteiger partial charge in [-0.3, -0.25) is 9.52 Å². The molecule has 0 aliphatic carbocycles. The van der Waals surface area contributed by atoms with Crippen molar-refractivity contribution < 1.29 is 19.4 Å². The summed E-state index contributed by atoms with van der Waals surface area (Å²) in [5.41, 5.74) is 3.61. The summed E-state index contributed by atoms with van der Waals surface area (Å²) in [4.78, 5) is 15.3. The van der Waals surface area contributed by atoms with Crippen LogP contribution in [-0.2, 0) is 20.8 Å². The van der Waals surface area contributed by atoms with E-state index in [-0.39, 0.29) is 17.9 Å². The highest BCUT2D eigenvalue weighted by Crippen LogP contribution is 2.39. The molecule has 2 aromatic rings. The number of benzene rings is 2. The number of halogens is 2. The monoisotopic (exact) mass is 611 g/mol. The molecule has 0 radical (unpaired) electrons. The van der Waals surface area contributed by atoms with Gasteiger partial charge in [-0.15, -0.1) is 0 Å². The number of rotatable bonds is 17. The fourth-order valence-electron chi connectivity index (χ4n) is 4.92. The first-order chi connectivity index (χ1) is 19.2. The van der Waals surface area contributed by atoms with Crippen molar-refractivity contribution >= 4 is 41.1 Å². The van der Waals surface area contributed by atoms with E-state index in [9.17, 15) is 9.90 Å². The first-order valence-corrected chi connectivity index (χ1v) is 15.6. The second-order valence-electron chi connectivity index (χ2n) is 10.6. The van der Waals surface area contributed by atoms with Crippen LogP contribution in [0.1, 0.15) is 55.7 Å². The molecular weight excluding hydrogens is 569 g/mol. The number of aliphatic hydroxyl groups excluding tert-OH is 1. The van der Waals surface area contributed by atoms with Gasteiger partial charge in [-0.25, -0.2) is 0 Å². The third kappa shape index (κ3) is 11.5. The standard InChI is InChI=1S/C30H43Cl2N3O4S/c1-21(15-22(2)36)7-8-30(37)33-9-11-38-13-14-39-12-10-34-40-25-6-4-5-23(16-25)27-19-35(3)20-28-26(27)17-24(31)18-29(28)32/h4-6,16-18,21-22,27,34,36H,7-15,19-20H2,1-3H3,(H,33,37)/t21?,22?,27-/m0/s1. The summed E-state index contributed by atoms with van der Waals surface area (Å²) in [5.74, 6) is 0.571. The molecule has 3 N–H and O–H groups in total. The van der Waals surface area contributed by atoms with Gasteiger partial charge in [-0.05, 0) is 85.6 Å². The summed E-state index contributed by atoms with van der Waals surface area (Å²) in [7, 11) is 2.12. The Balaban J connectivity index is 1.27. The quantitative estimate of drug-likeness (QED) is 0.161. The number of nitrogens with one attached hydrogen (secondary N) is 2. The molecule has 1 amide bonds. The van der Waals surface area contributed by atoms with Gasteiger partial charge >= 0.3 is 0 Å². The number of aliphatic hydroxyl groups is 1. The lowest BCUT2D eigenvalue weighted by Crippen LogP contribution is -2.31. The summed E-state index contributed by atoms with van der Waals surface area (Å²) < 4.78 is 14.6. The number of fused-ring (bicyclic) bond motifs is 1. The average molecular weight is 613 g/mol. The smallest absolute Gasteiger partial charge is 0.220 e. The van der Waals surface area contributed by atoms with Crippen LogP contribution in [0.4, 0.5) is 0 Å². The topological polar surface area (TPSA) is 83.1 Å². The number of ether oxygens (including phenoxy) is 2. The minimum absolute atomic E-state index is 0.0242. The van der Waals surface area contributed by atoms with Crippen molar-refractivity contribution in [3.63, 3.8) is 0 Å². The van der Waals surface area contributed by atoms with Gasteiger partial charge in [-0.2, -0.15) is 0 Å². The fraction of sp³-hybridized carbons (Fsp3) is 0.567. The van der Waals surface area contributed by atoms with Gasteiger partial charge < -0.3 is 24.8 Å². The molecule has 3 atom stereocenters. The van der Waals surface area contributed by atoms with E-state index in [1.165, 1.54) is 11.1 Å². The third-order valence-electron chi connectivity index (χ3n) is 6.84. The molecule has 0 saturated heterocycles. The molecule has 3 rings (SSSR count). The van der Waals surface area contributed by atoms with Crippen molar-refractivity contribution in [3.05, 3.63) is 63.1 Å². The van der Waals surface area contributed by atoms with Gasteiger partial charge in [0.25, 0.3) is 0 Å². The van der Waals surface area contributed by atoms with Crippen LogP contribution in [0.25, 0.3) is 0 Å². The molecule has 0 fully saturated rings. The van der Waals surface area contributed by atoms with Crippen molar-refractivity contribution in [2.24, 2.45) is 5.92 Å². The number of carbonyl (C=O) groups excluding carboxylic acids is 1. The zero-order chi connectivity index (χ0) is 28.9. The van der Waals surface area contributed by atoms with Crippen LogP contribution < -0.4 is 10.0 Å². The van der Waals surface area contributed by atoms with Crippen LogP contribution >= 0.6 is 35.1 Å². The number of likely N-dealkylation sites (N-methyl/N-ethyl adjacent to an activating group) is 1. The first kappa shape index (κ1) is 33.1. The van der Waals surface area contributed by atoms with E-state index in [2.05, 4.69) is 59.2 Å². The molecule has 2 aromatic carbocycles. The molecule has 0 saturated carbocycles. The van der Waals surface area contributed by atoms with Crippen molar-refractivity contribution in [2.45, 2.75) is 56.6 Å². The Morgan fingerprint density at radius 2 is 1.88 bits per heavy atom. The predicted octanol–water partition coefficient (Wildman–Crippen LogP) is 5.50. The molecule has 0 bridgehead atoms. The molecule has 40 heavy (non-hydrogen) atoms. The minimum Gasteiger partial charge on any atom is -0.393 e. The van der Waals surface area contributed by atoms with Gasteiger partial charge in [0.05, 0.1) is 32.5 Å². The normalized spacial score (nSPS) is 16.9. The number of nitrogens with zero attached hydrogens (tertiary/aromatic N) is 1. The van der Waals surface area contributed by atoms with E-state index in [1.807, 2.05) is 6.07 Å². The largest absolute Gasteiger partial charge is 0.393 e. The summed E-state index contributed by atoms with van der Waals surface area (Å²) >= 11 is 14.5. The number of carbonyl (C=O) groups is 1. The van der Waals surface area contributed by atoms with Crippen molar-refractivity contribution in [3.8, 4) is 0 Å². The first-order valence-electron chi connectivity index (χ1n) is 14.0. The lowest BCUT2D eigenvalue weighted by molar-refractivity contribution is -0.121. The minimum atomic E-state index is -0.324. The van der Waals surface area contributed by atoms with Gasteiger partial charge in [0, 0.05) is 53.5 Å². The highest BCUT2D eigenvalue weighted by Gasteiger charge is 2.27. The van der Waals surface area contributed by atoms with Crippen molar-refractivity contribution in [2.75, 3.05) is 53.1 Å². The lowest BCUT2D eigenvalue weighted by atomic mass is 9.85. The van der Waals surface area contributed by atoms with Gasteiger partial charge in [0.2, 0.25) is 5.91 Å². The zero-order valence-corrected chi connectivity index (χ0v) is 26.1. The zero-order valence-electron chi connectivity index (χ0n) is 23.8. The van der Waals surface area contributed by atoms with E-state index in [1.54, 1.807) is 18.9 Å². The van der Waals surface area contributed by atoms with Gasteiger partial charge in [0.1, 0.15) is 0 Å². The van der Waals surface area contributed by atoms with Crippen molar-refractivity contribution in [1.82, 2.24) is 14.9 Å². The lowest BCUT2D eigenvalue weighted by Gasteiger charge is -2.33. The van der Waals surface area contributed by atoms with Gasteiger partial charge in [-0.1, -0.05) is 42.3 Å². The number of amides is 1. The molecule has 1 heterocycles. The van der Waals surface area contributed by atoms with E-state index in [0.29, 0.717) is 56.9 Å². The SMILES string of the molecule is CC(O)CC(C)CCC(=O)NCCOCCOCCNSc1cccc([C@@H]2CN(C)Cc3c(Cl)cc(Cl)cc32)c1. The number of hydrogen-bond acceptors (Lipinski definition) is 7. The predicted molar refractivity (Wildman–Crippen MR) is 164 cm³/mol. The summed E-state index contributed by atoms with van der Waals surface area (Å²) in [6.07, 6.45) is 1.65. The van der Waals surface area contributed by atoms with Crippen molar-refractivity contribution in [1.29, 1.82) is 0 Å². The van der Waals surface area contributed by atoms with Crippen LogP contribution in [0.15, 0.2) is 41.3 Å². The third-order valence-corrected chi connectivity index (χ3v) is 8.23. The molecular formula is C30H43Cl2N3O4S. The van der Waals surface area contributed by atoms with Crippen LogP contribution in [0.2, 0.25) is 10.0 Å². The highest BCUT2D eigenvalue weighted by atomic mass is 35.5. The molecule has 7 nitrogen and oxygen atoms in total. The Kier molecular flexibility index (Phi) is 14.6.